The first kappa shape index (κ1) is 25.2. The lowest BCUT2D eigenvalue weighted by molar-refractivity contribution is 0.0868. The lowest BCUT2D eigenvalue weighted by Gasteiger charge is -2.37. The summed E-state index contributed by atoms with van der Waals surface area (Å²) in [5.74, 6) is 2.31. The molecule has 1 aromatic carbocycles. The molecule has 0 fully saturated rings. The van der Waals surface area contributed by atoms with Crippen molar-refractivity contribution in [3.8, 4) is 5.75 Å². The van der Waals surface area contributed by atoms with Crippen molar-refractivity contribution in [3.05, 3.63) is 65.0 Å². The molecular formula is C29H42O3Si2. The van der Waals surface area contributed by atoms with E-state index < -0.39 is 22.0 Å². The predicted molar refractivity (Wildman–Crippen MR) is 146 cm³/mol. The summed E-state index contributed by atoms with van der Waals surface area (Å²) >= 11 is 0. The van der Waals surface area contributed by atoms with E-state index >= 15 is 0 Å². The Hall–Kier alpha value is -1.86. The Morgan fingerprint density at radius 3 is 2.18 bits per heavy atom. The van der Waals surface area contributed by atoms with Gasteiger partial charge in [-0.3, -0.25) is 4.79 Å². The van der Waals surface area contributed by atoms with Crippen LogP contribution < -0.4 is 4.43 Å². The van der Waals surface area contributed by atoms with Crippen molar-refractivity contribution in [1.82, 2.24) is 0 Å². The maximum Gasteiger partial charge on any atom is 0.250 e. The second-order valence-corrected chi connectivity index (χ2v) is 23.0. The number of hydrogen-bond donors (Lipinski definition) is 0. The van der Waals surface area contributed by atoms with Gasteiger partial charge in [-0.1, -0.05) is 59.8 Å². The second kappa shape index (κ2) is 7.82. The molecule has 0 saturated heterocycles. The minimum atomic E-state index is -1.96. The molecule has 3 nitrogen and oxygen atoms in total. The molecule has 2 atom stereocenters. The Morgan fingerprint density at radius 2 is 1.56 bits per heavy atom. The fourth-order valence-electron chi connectivity index (χ4n) is 4.66. The van der Waals surface area contributed by atoms with Gasteiger partial charge in [0, 0.05) is 11.5 Å². The lowest BCUT2D eigenvalue weighted by atomic mass is 9.81. The van der Waals surface area contributed by atoms with Gasteiger partial charge >= 0.3 is 0 Å². The predicted octanol–water partition coefficient (Wildman–Crippen LogP) is 8.22. The minimum absolute atomic E-state index is 0.117. The van der Waals surface area contributed by atoms with Gasteiger partial charge < -0.3 is 8.85 Å². The number of allylic oxidation sites excluding steroid dienone is 5. The first-order valence-corrected chi connectivity index (χ1v) is 18.4. The number of hydrogen-bond acceptors (Lipinski definition) is 3. The van der Waals surface area contributed by atoms with Crippen LogP contribution in [0, 0.1) is 11.3 Å². The summed E-state index contributed by atoms with van der Waals surface area (Å²) in [6.45, 7) is 22.5. The van der Waals surface area contributed by atoms with Crippen LogP contribution in [0.1, 0.15) is 63.9 Å². The molecule has 4 rings (SSSR count). The van der Waals surface area contributed by atoms with E-state index in [1.54, 1.807) is 0 Å². The third kappa shape index (κ3) is 4.30. The summed E-state index contributed by atoms with van der Waals surface area (Å²) in [7, 11) is -3.86. The van der Waals surface area contributed by atoms with E-state index in [2.05, 4.69) is 104 Å². The van der Waals surface area contributed by atoms with E-state index in [0.29, 0.717) is 0 Å². The maximum absolute atomic E-state index is 13.8. The molecule has 0 aliphatic heterocycles. The molecule has 5 heteroatoms. The zero-order chi connectivity index (χ0) is 25.3. The number of ketones is 1. The molecular weight excluding hydrogens is 452 g/mol. The smallest absolute Gasteiger partial charge is 0.250 e. The van der Waals surface area contributed by atoms with Crippen LogP contribution >= 0.6 is 0 Å². The molecule has 0 N–H and O–H groups in total. The van der Waals surface area contributed by atoms with Gasteiger partial charge in [-0.05, 0) is 84.5 Å². The molecule has 0 bridgehead atoms. The highest BCUT2D eigenvalue weighted by atomic mass is 28.4. The van der Waals surface area contributed by atoms with Crippen LogP contribution in [0.15, 0.2) is 53.8 Å². The molecule has 34 heavy (non-hydrogen) atoms. The third-order valence-corrected chi connectivity index (χ3v) is 17.6. The highest BCUT2D eigenvalue weighted by Gasteiger charge is 2.50. The van der Waals surface area contributed by atoms with E-state index in [0.717, 1.165) is 35.5 Å². The first-order chi connectivity index (χ1) is 15.4. The molecule has 1 aromatic rings. The lowest BCUT2D eigenvalue weighted by Crippen LogP contribution is -2.43. The number of Topliss-reactive ketones (excluding diaryl/α,β-unsaturated/α-hetero) is 1. The van der Waals surface area contributed by atoms with E-state index in [9.17, 15) is 4.79 Å². The van der Waals surface area contributed by atoms with Gasteiger partial charge in [-0.2, -0.15) is 0 Å². The van der Waals surface area contributed by atoms with Crippen molar-refractivity contribution in [2.24, 2.45) is 11.3 Å². The number of carbonyl (C=O) groups is 1. The Balaban J connectivity index is 1.58. The molecule has 184 valence electrons. The number of fused-ring (bicyclic) bond motifs is 2. The van der Waals surface area contributed by atoms with Crippen molar-refractivity contribution in [3.63, 3.8) is 0 Å². The Bertz CT molecular complexity index is 1110. The average molecular weight is 495 g/mol. The van der Waals surface area contributed by atoms with E-state index in [4.69, 9.17) is 8.85 Å². The van der Waals surface area contributed by atoms with Crippen LogP contribution in [0.2, 0.25) is 36.3 Å². The molecule has 0 amide bonds. The fraction of sp³-hybridized carbons (Fsp3) is 0.552. The highest BCUT2D eigenvalue weighted by Crippen LogP contribution is 2.52. The van der Waals surface area contributed by atoms with E-state index in [1.165, 1.54) is 5.57 Å². The standard InChI is InChI=1S/C29H42O3Si2/c1-27(2,3)33(7,8)31-23-13-11-20-17-29(19-22(20)15-23)18-21-12-14-24(16-25(21)26(29)30)32-34(9,10)28(4,5)6/h11-16,19-20H,17-18H2,1-10H3. The Morgan fingerprint density at radius 1 is 0.941 bits per heavy atom. The third-order valence-electron chi connectivity index (χ3n) is 8.90. The van der Waals surface area contributed by atoms with Crippen molar-refractivity contribution in [2.75, 3.05) is 0 Å². The van der Waals surface area contributed by atoms with Crippen molar-refractivity contribution >= 4 is 22.4 Å². The van der Waals surface area contributed by atoms with E-state index in [-0.39, 0.29) is 21.8 Å². The Labute approximate surface area is 208 Å². The first-order valence-electron chi connectivity index (χ1n) is 12.6. The summed E-state index contributed by atoms with van der Waals surface area (Å²) in [5.41, 5.74) is 2.78. The summed E-state index contributed by atoms with van der Waals surface area (Å²) in [6, 6.07) is 6.18. The van der Waals surface area contributed by atoms with E-state index in [1.807, 2.05) is 6.07 Å². The summed E-state index contributed by atoms with van der Waals surface area (Å²) < 4.78 is 13.1. The van der Waals surface area contributed by atoms with Crippen LogP contribution in [0.25, 0.3) is 0 Å². The monoisotopic (exact) mass is 494 g/mol. The van der Waals surface area contributed by atoms with Gasteiger partial charge in [0.2, 0.25) is 16.6 Å². The molecule has 0 aromatic heterocycles. The Kier molecular flexibility index (Phi) is 5.81. The number of rotatable bonds is 4. The normalized spacial score (nSPS) is 24.6. The molecule has 2 unspecified atom stereocenters. The zero-order valence-corrected chi connectivity index (χ0v) is 24.8. The van der Waals surface area contributed by atoms with Crippen LogP contribution in [-0.4, -0.2) is 22.4 Å². The molecule has 0 heterocycles. The number of carbonyl (C=O) groups excluding carboxylic acids is 1. The van der Waals surface area contributed by atoms with Gasteiger partial charge in [-0.15, -0.1) is 0 Å². The second-order valence-electron chi connectivity index (χ2n) is 13.6. The largest absolute Gasteiger partial charge is 0.544 e. The van der Waals surface area contributed by atoms with Crippen molar-refractivity contribution in [1.29, 1.82) is 0 Å². The average Bonchev–Trinajstić information content (AvgIpc) is 3.16. The molecule has 3 aliphatic carbocycles. The molecule has 3 aliphatic rings. The summed E-state index contributed by atoms with van der Waals surface area (Å²) in [5, 5.41) is 0.267. The van der Waals surface area contributed by atoms with Gasteiger partial charge in [0.25, 0.3) is 0 Å². The zero-order valence-electron chi connectivity index (χ0n) is 22.8. The quantitative estimate of drug-likeness (QED) is 0.396. The van der Waals surface area contributed by atoms with Crippen LogP contribution in [-0.2, 0) is 10.8 Å². The van der Waals surface area contributed by atoms with Crippen LogP contribution in [0.3, 0.4) is 0 Å². The topological polar surface area (TPSA) is 35.5 Å². The molecule has 0 radical (unpaired) electrons. The van der Waals surface area contributed by atoms with Crippen LogP contribution in [0.4, 0.5) is 0 Å². The van der Waals surface area contributed by atoms with Crippen LogP contribution in [0.5, 0.6) is 5.75 Å². The maximum atomic E-state index is 13.8. The highest BCUT2D eigenvalue weighted by molar-refractivity contribution is 6.75. The summed E-state index contributed by atoms with van der Waals surface area (Å²) in [6.07, 6.45) is 10.4. The van der Waals surface area contributed by atoms with Crippen molar-refractivity contribution < 1.29 is 13.6 Å². The minimum Gasteiger partial charge on any atom is -0.544 e. The number of benzene rings is 1. The summed E-state index contributed by atoms with van der Waals surface area (Å²) in [4.78, 5) is 13.8. The van der Waals surface area contributed by atoms with Gasteiger partial charge in [0.05, 0.1) is 5.41 Å². The SMILES string of the molecule is CC(C)(C)[Si](C)(C)OC1=CC2=CC3(Cc4ccc(O[Si](C)(C)C(C)(C)C)cc4C3=O)CC2C=C1. The molecule has 1 spiro atoms. The fourth-order valence-corrected chi connectivity index (χ4v) is 6.70. The van der Waals surface area contributed by atoms with Gasteiger partial charge in [0.15, 0.2) is 5.78 Å². The van der Waals surface area contributed by atoms with Crippen molar-refractivity contribution in [2.45, 2.75) is 90.6 Å². The molecule has 0 saturated carbocycles. The van der Waals surface area contributed by atoms with Gasteiger partial charge in [0.1, 0.15) is 11.5 Å². The van der Waals surface area contributed by atoms with Gasteiger partial charge in [-0.25, -0.2) is 0 Å².